The predicted octanol–water partition coefficient (Wildman–Crippen LogP) is 23.1. The molecule has 0 atom stereocenters. The van der Waals surface area contributed by atoms with Crippen molar-refractivity contribution in [3.8, 4) is 67.7 Å². The van der Waals surface area contributed by atoms with E-state index in [-0.39, 0.29) is 111 Å². The molecule has 0 aliphatic rings. The molecule has 0 unspecified atom stereocenters. The third kappa shape index (κ3) is 26.0. The summed E-state index contributed by atoms with van der Waals surface area (Å²) in [5.74, 6) is 2.47. The molecule has 0 spiro atoms. The van der Waals surface area contributed by atoms with Gasteiger partial charge in [0.25, 0.3) is 0 Å². The van der Waals surface area contributed by atoms with Crippen LogP contribution in [0.1, 0.15) is 143 Å². The van der Waals surface area contributed by atoms with Gasteiger partial charge < -0.3 is 43.5 Å². The van der Waals surface area contributed by atoms with Crippen LogP contribution in [-0.2, 0) is 90.9 Å². The summed E-state index contributed by atoms with van der Waals surface area (Å²) in [4.78, 5) is 43.7. The minimum Gasteiger partial charge on any atom is -0.512 e. The molecule has 0 fully saturated rings. The van der Waals surface area contributed by atoms with Crippen molar-refractivity contribution >= 4 is 50.3 Å². The number of furan rings is 3. The number of benzene rings is 6. The third-order valence-electron chi connectivity index (χ3n) is 15.5. The second kappa shape index (κ2) is 38.5. The minimum absolute atomic E-state index is 0. The summed E-state index contributed by atoms with van der Waals surface area (Å²) < 4.78 is 18.3. The monoisotopic (exact) mass is 1910 g/mol. The first-order valence-electron chi connectivity index (χ1n) is 33.1. The van der Waals surface area contributed by atoms with Crippen LogP contribution in [0.15, 0.2) is 225 Å². The fourth-order valence-electron chi connectivity index (χ4n) is 10.8. The topological polar surface area (TPSA) is 190 Å². The van der Waals surface area contributed by atoms with Crippen LogP contribution in [0.5, 0.6) is 0 Å². The van der Waals surface area contributed by atoms with Gasteiger partial charge >= 0.3 is 0 Å². The normalized spacial score (nSPS) is 11.4. The quantitative estimate of drug-likeness (QED) is 0.0705. The van der Waals surface area contributed by atoms with Gasteiger partial charge in [0.1, 0.15) is 17.3 Å². The van der Waals surface area contributed by atoms with E-state index >= 15 is 0 Å². The number of carbonyl (C=O) groups is 3. The van der Waals surface area contributed by atoms with Crippen molar-refractivity contribution < 1.29 is 103 Å². The number of fused-ring (bicyclic) bond motifs is 3. The van der Waals surface area contributed by atoms with Gasteiger partial charge in [0, 0.05) is 111 Å². The zero-order valence-electron chi connectivity index (χ0n) is 62.1. The number of hydrogen-bond donors (Lipinski definition) is 3. The van der Waals surface area contributed by atoms with E-state index in [1.165, 1.54) is 104 Å². The Hall–Kier alpha value is -9.03. The largest absolute Gasteiger partial charge is 0.512 e. The molecule has 0 bridgehead atoms. The van der Waals surface area contributed by atoms with E-state index in [4.69, 9.17) is 28.6 Å². The fraction of sp³-hybridized carbons (Fsp3) is 0.250. The van der Waals surface area contributed by atoms with Crippen molar-refractivity contribution in [2.24, 2.45) is 0 Å². The molecule has 15 heteroatoms. The average Bonchev–Trinajstić information content (AvgIpc) is 1.70. The number of aryl methyl sites for hydroxylation is 4. The molecule has 6 aromatic heterocycles. The summed E-state index contributed by atoms with van der Waals surface area (Å²) >= 11 is 0. The summed E-state index contributed by atoms with van der Waals surface area (Å²) in [6.45, 7) is 37.3. The van der Waals surface area contributed by atoms with Crippen LogP contribution in [0.3, 0.4) is 0 Å². The van der Waals surface area contributed by atoms with Gasteiger partial charge in [-0.3, -0.25) is 14.4 Å². The van der Waals surface area contributed by atoms with E-state index in [1.54, 1.807) is 6.20 Å². The standard InChI is InChI=1S/C27H28NO.C25H24NO.C21H16NO.3C5H8O2.3Ir/c1-26(2,3)21-12-19(13-22(16-21)27(4,5)6)24-15-20-14-23(28-17-25(20)29-24)18-10-8-7-9-11-18;1-16-11-20(25(3,4)5)12-17(2)24(16)22-14-19-13-21(26-15-23(19)27-22)18-9-7-6-8-10-18;1-14-8-15(2)10-17(9-14)20-12-18-11-19(22-13-21(18)23-20)16-6-4-3-5-7-16;3*1-4(6)3-5(2)7;;;/h7-10,12-17H,1-6H3;6-9,11-15H,1-5H3;3-6,8-13H,1-2H3;3*3,6H,1-2H3;;;/q3*-1;;;;;;. The number of nitrogens with zero attached hydrogens (tertiary/aromatic N) is 3. The van der Waals surface area contributed by atoms with Crippen molar-refractivity contribution in [1.82, 2.24) is 15.0 Å². The Labute approximate surface area is 648 Å². The number of rotatable bonds is 9. The predicted molar refractivity (Wildman–Crippen MR) is 407 cm³/mol. The second-order valence-corrected chi connectivity index (χ2v) is 28.1. The van der Waals surface area contributed by atoms with Gasteiger partial charge in [-0.2, -0.15) is 0 Å². The second-order valence-electron chi connectivity index (χ2n) is 28.1. The first-order chi connectivity index (χ1) is 47.0. The van der Waals surface area contributed by atoms with E-state index in [9.17, 15) is 14.4 Å². The SMILES string of the molecule is CC(=O)C=C(C)O.CC(=O)C=C(C)O.CC(=O)C=C(C)O.CC(C)(C)c1cc(-c2cc3cc(-c4[c-]cccc4)ncc3o2)cc(C(C)(C)C)c1.Cc1cc(C(C)(C)C)cc(C)c1-c1cc2cc(-c3[c-]cccc3)ncc2o1.Cc1cc(C)cc(-c2cc3cc(-c4[c-]cccc4)ncc3o2)c1.[Ir].[Ir].[Ir]. The molecule has 0 saturated carbocycles. The molecule has 103 heavy (non-hydrogen) atoms. The third-order valence-corrected chi connectivity index (χ3v) is 15.5. The maximum absolute atomic E-state index is 10.0. The van der Waals surface area contributed by atoms with E-state index < -0.39 is 0 Å². The van der Waals surface area contributed by atoms with E-state index in [2.05, 4.69) is 208 Å². The maximum atomic E-state index is 10.0. The number of allylic oxidation sites excluding steroid dienone is 6. The maximum Gasteiger partial charge on any atom is 0.155 e. The molecule has 3 N–H and O–H groups in total. The van der Waals surface area contributed by atoms with Crippen LogP contribution in [0.2, 0.25) is 0 Å². The van der Waals surface area contributed by atoms with Crippen molar-refractivity contribution in [2.75, 3.05) is 0 Å². The average molecular weight is 1910 g/mol. The van der Waals surface area contributed by atoms with Gasteiger partial charge in [0.2, 0.25) is 0 Å². The molecule has 0 aliphatic carbocycles. The first-order valence-corrected chi connectivity index (χ1v) is 33.1. The zero-order valence-corrected chi connectivity index (χ0v) is 69.3. The molecule has 12 aromatic rings. The smallest absolute Gasteiger partial charge is 0.155 e. The summed E-state index contributed by atoms with van der Waals surface area (Å²) in [5.41, 5.74) is 20.7. The molecule has 0 amide bonds. The fourth-order valence-corrected chi connectivity index (χ4v) is 10.8. The van der Waals surface area contributed by atoms with Crippen LogP contribution in [0.4, 0.5) is 0 Å². The number of aliphatic hydroxyl groups is 3. The van der Waals surface area contributed by atoms with Crippen LogP contribution in [0.25, 0.3) is 101 Å². The van der Waals surface area contributed by atoms with Gasteiger partial charge in [0.15, 0.2) is 34.1 Å². The Balaban J connectivity index is 0.000000284. The molecule has 6 heterocycles. The Kier molecular flexibility index (Phi) is 32.3. The summed E-state index contributed by atoms with van der Waals surface area (Å²) in [6, 6.07) is 63.7. The van der Waals surface area contributed by atoms with Crippen LogP contribution >= 0.6 is 0 Å². The number of hydrogen-bond acceptors (Lipinski definition) is 12. The Morgan fingerprint density at radius 3 is 0.942 bits per heavy atom. The van der Waals surface area contributed by atoms with Gasteiger partial charge in [-0.1, -0.05) is 116 Å². The molecule has 12 nitrogen and oxygen atoms in total. The molecule has 3 radical (unpaired) electrons. The van der Waals surface area contributed by atoms with Crippen molar-refractivity contribution in [1.29, 1.82) is 0 Å². The molecule has 543 valence electrons. The molecule has 12 rings (SSSR count). The molecule has 6 aromatic carbocycles. The molecule has 0 aliphatic heterocycles. The Morgan fingerprint density at radius 1 is 0.379 bits per heavy atom. The van der Waals surface area contributed by atoms with Crippen molar-refractivity contribution in [3.05, 3.63) is 269 Å². The molecular weight excluding hydrogens is 1820 g/mol. The summed E-state index contributed by atoms with van der Waals surface area (Å²) in [5, 5.41) is 28.3. The van der Waals surface area contributed by atoms with Crippen LogP contribution in [0, 0.1) is 45.9 Å². The number of pyridine rings is 3. The van der Waals surface area contributed by atoms with Gasteiger partial charge in [-0.05, 0) is 173 Å². The van der Waals surface area contributed by atoms with Crippen molar-refractivity contribution in [2.45, 2.75) is 148 Å². The minimum atomic E-state index is -0.125. The number of carbonyl (C=O) groups excluding carboxylic acids is 3. The van der Waals surface area contributed by atoms with Gasteiger partial charge in [-0.25, -0.2) is 0 Å². The first kappa shape index (κ1) is 86.4. The van der Waals surface area contributed by atoms with E-state index in [0.29, 0.717) is 0 Å². The number of aliphatic hydroxyl groups excluding tert-OH is 3. The summed E-state index contributed by atoms with van der Waals surface area (Å²) in [6.07, 6.45) is 8.91. The van der Waals surface area contributed by atoms with E-state index in [0.717, 1.165) is 95.1 Å². The van der Waals surface area contributed by atoms with Gasteiger partial charge in [0.05, 0.1) is 35.9 Å². The van der Waals surface area contributed by atoms with Crippen LogP contribution in [-0.4, -0.2) is 47.6 Å². The Bertz CT molecular complexity index is 4770. The van der Waals surface area contributed by atoms with E-state index in [1.807, 2.05) is 85.2 Å². The number of ketones is 3. The molecular formula is C88H92Ir3N3O9-3. The summed E-state index contributed by atoms with van der Waals surface area (Å²) in [7, 11) is 0. The Morgan fingerprint density at radius 2 is 0.670 bits per heavy atom. The van der Waals surface area contributed by atoms with Crippen molar-refractivity contribution in [3.63, 3.8) is 0 Å². The van der Waals surface area contributed by atoms with Crippen LogP contribution < -0.4 is 0 Å². The molecule has 0 saturated heterocycles. The van der Waals surface area contributed by atoms with Gasteiger partial charge in [-0.15, -0.1) is 108 Å². The zero-order chi connectivity index (χ0) is 73.4. The number of aromatic nitrogens is 3.